The van der Waals surface area contributed by atoms with Crippen LogP contribution in [0.1, 0.15) is 26.5 Å². The number of rotatable bonds is 5. The number of carbonyl (C=O) groups excluding carboxylic acids is 1. The SMILES string of the molecule is COc1ccc(CC(NC(=O)OC(C)(C)C)C(=O)O)nc1. The molecule has 1 aromatic heterocycles. The monoisotopic (exact) mass is 296 g/mol. The van der Waals surface area contributed by atoms with Crippen LogP contribution in [-0.4, -0.2) is 40.9 Å². The van der Waals surface area contributed by atoms with Gasteiger partial charge in [0.15, 0.2) is 0 Å². The van der Waals surface area contributed by atoms with Crippen molar-refractivity contribution in [3.63, 3.8) is 0 Å². The van der Waals surface area contributed by atoms with Gasteiger partial charge < -0.3 is 19.9 Å². The zero-order valence-electron chi connectivity index (χ0n) is 12.5. The number of pyridine rings is 1. The van der Waals surface area contributed by atoms with Gasteiger partial charge in [0, 0.05) is 12.1 Å². The first kappa shape index (κ1) is 16.7. The number of carbonyl (C=O) groups is 2. The molecule has 7 heteroatoms. The quantitative estimate of drug-likeness (QED) is 0.856. The van der Waals surface area contributed by atoms with Crippen molar-refractivity contribution in [2.75, 3.05) is 7.11 Å². The molecule has 1 heterocycles. The van der Waals surface area contributed by atoms with Crippen molar-refractivity contribution in [1.82, 2.24) is 10.3 Å². The van der Waals surface area contributed by atoms with Crippen molar-refractivity contribution in [3.05, 3.63) is 24.0 Å². The lowest BCUT2D eigenvalue weighted by atomic mass is 10.1. The van der Waals surface area contributed by atoms with E-state index in [1.165, 1.54) is 13.3 Å². The molecule has 116 valence electrons. The second-order valence-corrected chi connectivity index (χ2v) is 5.43. The Bertz CT molecular complexity index is 493. The first-order valence-corrected chi connectivity index (χ1v) is 6.42. The number of nitrogens with zero attached hydrogens (tertiary/aromatic N) is 1. The highest BCUT2D eigenvalue weighted by Gasteiger charge is 2.24. The van der Waals surface area contributed by atoms with E-state index in [-0.39, 0.29) is 6.42 Å². The molecule has 1 atom stereocenters. The summed E-state index contributed by atoms with van der Waals surface area (Å²) in [5.74, 6) is -0.579. The lowest BCUT2D eigenvalue weighted by Crippen LogP contribution is -2.44. The van der Waals surface area contributed by atoms with Gasteiger partial charge in [0.2, 0.25) is 0 Å². The van der Waals surface area contributed by atoms with Gasteiger partial charge in [-0.3, -0.25) is 4.98 Å². The number of carboxylic acid groups (broad SMARTS) is 1. The Kier molecular flexibility index (Phi) is 5.52. The first-order chi connectivity index (χ1) is 9.71. The van der Waals surface area contributed by atoms with E-state index < -0.39 is 23.7 Å². The van der Waals surface area contributed by atoms with Crippen LogP contribution in [0.4, 0.5) is 4.79 Å². The summed E-state index contributed by atoms with van der Waals surface area (Å²) >= 11 is 0. The number of aliphatic carboxylic acids is 1. The minimum Gasteiger partial charge on any atom is -0.495 e. The van der Waals surface area contributed by atoms with Crippen LogP contribution in [0.2, 0.25) is 0 Å². The van der Waals surface area contributed by atoms with Crippen molar-refractivity contribution in [2.24, 2.45) is 0 Å². The van der Waals surface area contributed by atoms with Crippen molar-refractivity contribution in [3.8, 4) is 5.75 Å². The van der Waals surface area contributed by atoms with Crippen molar-refractivity contribution in [1.29, 1.82) is 0 Å². The fourth-order valence-corrected chi connectivity index (χ4v) is 1.51. The third kappa shape index (κ3) is 6.11. The van der Waals surface area contributed by atoms with Crippen LogP contribution in [0, 0.1) is 0 Å². The maximum Gasteiger partial charge on any atom is 0.408 e. The summed E-state index contributed by atoms with van der Waals surface area (Å²) in [6.45, 7) is 5.11. The second-order valence-electron chi connectivity index (χ2n) is 5.43. The van der Waals surface area contributed by atoms with E-state index in [2.05, 4.69) is 10.3 Å². The van der Waals surface area contributed by atoms with E-state index in [9.17, 15) is 9.59 Å². The highest BCUT2D eigenvalue weighted by molar-refractivity contribution is 5.80. The molecule has 0 spiro atoms. The Morgan fingerprint density at radius 1 is 1.38 bits per heavy atom. The zero-order chi connectivity index (χ0) is 16.0. The van der Waals surface area contributed by atoms with Crippen molar-refractivity contribution in [2.45, 2.75) is 38.8 Å². The summed E-state index contributed by atoms with van der Waals surface area (Å²) in [6, 6.07) is 2.21. The number of carboxylic acids is 1. The van der Waals surface area contributed by atoms with Gasteiger partial charge in [-0.1, -0.05) is 0 Å². The molecule has 0 radical (unpaired) electrons. The largest absolute Gasteiger partial charge is 0.495 e. The Hall–Kier alpha value is -2.31. The molecule has 0 fully saturated rings. The number of ether oxygens (including phenoxy) is 2. The second kappa shape index (κ2) is 6.92. The molecule has 1 amide bonds. The Labute approximate surface area is 123 Å². The van der Waals surface area contributed by atoms with Crippen molar-refractivity contribution < 1.29 is 24.2 Å². The molecule has 0 saturated carbocycles. The van der Waals surface area contributed by atoms with Crippen LogP contribution in [0.3, 0.4) is 0 Å². The molecule has 0 aliphatic heterocycles. The molecule has 0 bridgehead atoms. The molecular formula is C14H20N2O5. The third-order valence-electron chi connectivity index (χ3n) is 2.44. The summed E-state index contributed by atoms with van der Waals surface area (Å²) in [7, 11) is 1.51. The fourth-order valence-electron chi connectivity index (χ4n) is 1.51. The van der Waals surface area contributed by atoms with E-state index in [0.717, 1.165) is 0 Å². The molecular weight excluding hydrogens is 276 g/mol. The number of hydrogen-bond acceptors (Lipinski definition) is 5. The molecule has 0 aliphatic carbocycles. The maximum absolute atomic E-state index is 11.6. The topological polar surface area (TPSA) is 97.8 Å². The van der Waals surface area contributed by atoms with E-state index in [1.807, 2.05) is 0 Å². The number of nitrogens with one attached hydrogen (secondary N) is 1. The van der Waals surface area contributed by atoms with Crippen molar-refractivity contribution >= 4 is 12.1 Å². The summed E-state index contributed by atoms with van der Waals surface area (Å²) < 4.78 is 10.0. The zero-order valence-corrected chi connectivity index (χ0v) is 12.5. The van der Waals surface area contributed by atoms with Gasteiger partial charge in [0.1, 0.15) is 17.4 Å². The molecule has 0 saturated heterocycles. The molecule has 0 aliphatic rings. The first-order valence-electron chi connectivity index (χ1n) is 6.42. The van der Waals surface area contributed by atoms with E-state index >= 15 is 0 Å². The summed E-state index contributed by atoms with van der Waals surface area (Å²) in [4.78, 5) is 26.9. The number of hydrogen-bond donors (Lipinski definition) is 2. The van der Waals surface area contributed by atoms with E-state index in [1.54, 1.807) is 32.9 Å². The Balaban J connectivity index is 2.69. The van der Waals surface area contributed by atoms with Gasteiger partial charge >= 0.3 is 12.1 Å². The molecule has 21 heavy (non-hydrogen) atoms. The molecule has 7 nitrogen and oxygen atoms in total. The number of alkyl carbamates (subject to hydrolysis) is 1. The summed E-state index contributed by atoms with van der Waals surface area (Å²) in [5, 5.41) is 11.5. The van der Waals surface area contributed by atoms with Gasteiger partial charge in [-0.15, -0.1) is 0 Å². The predicted octanol–water partition coefficient (Wildman–Crippen LogP) is 1.61. The molecule has 1 unspecified atom stereocenters. The highest BCUT2D eigenvalue weighted by Crippen LogP contribution is 2.10. The van der Waals surface area contributed by atoms with Gasteiger partial charge in [-0.25, -0.2) is 9.59 Å². The van der Waals surface area contributed by atoms with Crippen LogP contribution in [-0.2, 0) is 16.0 Å². The average molecular weight is 296 g/mol. The predicted molar refractivity (Wildman–Crippen MR) is 75.3 cm³/mol. The lowest BCUT2D eigenvalue weighted by Gasteiger charge is -2.21. The minimum atomic E-state index is -1.15. The Morgan fingerprint density at radius 2 is 2.05 bits per heavy atom. The van der Waals surface area contributed by atoms with E-state index in [0.29, 0.717) is 11.4 Å². The molecule has 2 N–H and O–H groups in total. The smallest absolute Gasteiger partial charge is 0.408 e. The van der Waals surface area contributed by atoms with Crippen LogP contribution < -0.4 is 10.1 Å². The van der Waals surface area contributed by atoms with Gasteiger partial charge in [0.25, 0.3) is 0 Å². The fraction of sp³-hybridized carbons (Fsp3) is 0.500. The molecule has 1 rings (SSSR count). The normalized spacial score (nSPS) is 12.4. The van der Waals surface area contributed by atoms with Crippen LogP contribution in [0.15, 0.2) is 18.3 Å². The molecule has 0 aromatic carbocycles. The number of aromatic nitrogens is 1. The maximum atomic E-state index is 11.6. The number of amides is 1. The average Bonchev–Trinajstić information content (AvgIpc) is 2.36. The Morgan fingerprint density at radius 3 is 2.48 bits per heavy atom. The van der Waals surface area contributed by atoms with Gasteiger partial charge in [0.05, 0.1) is 13.3 Å². The summed E-state index contributed by atoms with van der Waals surface area (Å²) in [6.07, 6.45) is 0.767. The van der Waals surface area contributed by atoms with Crippen LogP contribution >= 0.6 is 0 Å². The van der Waals surface area contributed by atoms with Crippen LogP contribution in [0.5, 0.6) is 5.75 Å². The summed E-state index contributed by atoms with van der Waals surface area (Å²) in [5.41, 5.74) is -0.162. The van der Waals surface area contributed by atoms with E-state index in [4.69, 9.17) is 14.6 Å². The lowest BCUT2D eigenvalue weighted by molar-refractivity contribution is -0.139. The molecule has 1 aromatic rings. The third-order valence-corrected chi connectivity index (χ3v) is 2.44. The van der Waals surface area contributed by atoms with Gasteiger partial charge in [-0.2, -0.15) is 0 Å². The standard InChI is InChI=1S/C14H20N2O5/c1-14(2,3)21-13(19)16-11(12(17)18)7-9-5-6-10(20-4)8-15-9/h5-6,8,11H,7H2,1-4H3,(H,16,19)(H,17,18). The number of methoxy groups -OCH3 is 1. The highest BCUT2D eigenvalue weighted by atomic mass is 16.6. The van der Waals surface area contributed by atoms with Gasteiger partial charge in [-0.05, 0) is 32.9 Å². The van der Waals surface area contributed by atoms with Crippen LogP contribution in [0.25, 0.3) is 0 Å². The minimum absolute atomic E-state index is 0.0541.